The Balaban J connectivity index is 1.80. The molecule has 2 fully saturated rings. The quantitative estimate of drug-likeness (QED) is 0.831. The lowest BCUT2D eigenvalue weighted by Crippen LogP contribution is -2.48. The number of piperidine rings is 2. The van der Waals surface area contributed by atoms with Gasteiger partial charge < -0.3 is 10.0 Å². The number of carboxylic acids is 1. The number of aliphatic carboxylic acids is 1. The van der Waals surface area contributed by atoms with Gasteiger partial charge in [-0.3, -0.25) is 14.5 Å². The van der Waals surface area contributed by atoms with Gasteiger partial charge in [0.15, 0.2) is 0 Å². The van der Waals surface area contributed by atoms with Crippen molar-refractivity contribution >= 4 is 11.9 Å². The minimum atomic E-state index is -0.700. The van der Waals surface area contributed by atoms with Gasteiger partial charge in [0.1, 0.15) is 0 Å². The van der Waals surface area contributed by atoms with E-state index in [9.17, 15) is 9.59 Å². The van der Waals surface area contributed by atoms with Crippen LogP contribution in [0, 0.1) is 11.8 Å². The minimum Gasteiger partial charge on any atom is -0.481 e. The second-order valence-electron chi connectivity index (χ2n) is 5.89. The first-order valence-electron chi connectivity index (χ1n) is 7.31. The molecule has 2 unspecified atom stereocenters. The van der Waals surface area contributed by atoms with Crippen LogP contribution in [0.25, 0.3) is 0 Å². The third-order valence-electron chi connectivity index (χ3n) is 4.37. The van der Waals surface area contributed by atoms with E-state index >= 15 is 0 Å². The van der Waals surface area contributed by atoms with Gasteiger partial charge in [0, 0.05) is 19.6 Å². The summed E-state index contributed by atoms with van der Waals surface area (Å²) in [5.41, 5.74) is 0. The van der Waals surface area contributed by atoms with Crippen molar-refractivity contribution in [2.75, 3.05) is 32.7 Å². The zero-order valence-electron chi connectivity index (χ0n) is 11.7. The molecule has 0 bridgehead atoms. The molecule has 0 aromatic heterocycles. The number of rotatable bonds is 3. The Morgan fingerprint density at radius 2 is 1.84 bits per heavy atom. The van der Waals surface area contributed by atoms with Gasteiger partial charge in [0.05, 0.1) is 12.5 Å². The lowest BCUT2D eigenvalue weighted by atomic mass is 9.87. The fraction of sp³-hybridized carbons (Fsp3) is 0.857. The highest BCUT2D eigenvalue weighted by molar-refractivity contribution is 5.78. The van der Waals surface area contributed by atoms with Crippen LogP contribution in [0.15, 0.2) is 0 Å². The molecular weight excluding hydrogens is 244 g/mol. The molecule has 1 N–H and O–H groups in total. The number of hydrogen-bond acceptors (Lipinski definition) is 3. The van der Waals surface area contributed by atoms with E-state index in [0.29, 0.717) is 13.0 Å². The van der Waals surface area contributed by atoms with E-state index < -0.39 is 5.97 Å². The SMILES string of the molecule is CC1CN(CC(=O)N2CCCCC2)CCC1C(=O)O. The van der Waals surface area contributed by atoms with E-state index in [1.807, 2.05) is 11.8 Å². The molecule has 0 spiro atoms. The molecule has 0 aromatic rings. The van der Waals surface area contributed by atoms with Crippen molar-refractivity contribution in [3.05, 3.63) is 0 Å². The van der Waals surface area contributed by atoms with Crippen LogP contribution in [-0.4, -0.2) is 59.5 Å². The lowest BCUT2D eigenvalue weighted by molar-refractivity contribution is -0.145. The van der Waals surface area contributed by atoms with Crippen LogP contribution in [-0.2, 0) is 9.59 Å². The van der Waals surface area contributed by atoms with E-state index in [0.717, 1.165) is 39.0 Å². The molecule has 5 nitrogen and oxygen atoms in total. The van der Waals surface area contributed by atoms with Gasteiger partial charge in [-0.05, 0) is 38.1 Å². The van der Waals surface area contributed by atoms with Crippen molar-refractivity contribution in [2.24, 2.45) is 11.8 Å². The molecular formula is C14H24N2O3. The molecule has 0 radical (unpaired) electrons. The molecule has 19 heavy (non-hydrogen) atoms. The van der Waals surface area contributed by atoms with Crippen molar-refractivity contribution < 1.29 is 14.7 Å². The average Bonchev–Trinajstić information content (AvgIpc) is 2.39. The van der Waals surface area contributed by atoms with Crippen LogP contribution in [0.2, 0.25) is 0 Å². The Kier molecular flexibility index (Phi) is 4.80. The maximum atomic E-state index is 12.2. The summed E-state index contributed by atoms with van der Waals surface area (Å²) in [5.74, 6) is -0.614. The number of carboxylic acid groups (broad SMARTS) is 1. The predicted molar refractivity (Wildman–Crippen MR) is 71.8 cm³/mol. The summed E-state index contributed by atoms with van der Waals surface area (Å²) in [4.78, 5) is 27.3. The minimum absolute atomic E-state index is 0.125. The number of carbonyl (C=O) groups excluding carboxylic acids is 1. The summed E-state index contributed by atoms with van der Waals surface area (Å²) >= 11 is 0. The van der Waals surface area contributed by atoms with Crippen LogP contribution in [0.3, 0.4) is 0 Å². The number of amides is 1. The highest BCUT2D eigenvalue weighted by Gasteiger charge is 2.32. The van der Waals surface area contributed by atoms with E-state index in [2.05, 4.69) is 4.90 Å². The fourth-order valence-corrected chi connectivity index (χ4v) is 3.18. The first-order chi connectivity index (χ1) is 9.08. The summed E-state index contributed by atoms with van der Waals surface area (Å²) in [5, 5.41) is 9.09. The smallest absolute Gasteiger partial charge is 0.306 e. The van der Waals surface area contributed by atoms with Crippen LogP contribution in [0.4, 0.5) is 0 Å². The van der Waals surface area contributed by atoms with Gasteiger partial charge in [-0.1, -0.05) is 6.92 Å². The molecule has 2 heterocycles. The topological polar surface area (TPSA) is 60.9 Å². The van der Waals surface area contributed by atoms with Crippen LogP contribution in [0.5, 0.6) is 0 Å². The van der Waals surface area contributed by atoms with Crippen LogP contribution >= 0.6 is 0 Å². The first kappa shape index (κ1) is 14.3. The van der Waals surface area contributed by atoms with Crippen molar-refractivity contribution in [1.82, 2.24) is 9.80 Å². The van der Waals surface area contributed by atoms with Crippen molar-refractivity contribution in [3.8, 4) is 0 Å². The van der Waals surface area contributed by atoms with Gasteiger partial charge in [-0.2, -0.15) is 0 Å². The Morgan fingerprint density at radius 1 is 1.16 bits per heavy atom. The zero-order valence-corrected chi connectivity index (χ0v) is 11.7. The molecule has 2 saturated heterocycles. The molecule has 5 heteroatoms. The highest BCUT2D eigenvalue weighted by Crippen LogP contribution is 2.23. The summed E-state index contributed by atoms with van der Waals surface area (Å²) in [6.07, 6.45) is 4.11. The Morgan fingerprint density at radius 3 is 2.42 bits per heavy atom. The van der Waals surface area contributed by atoms with Crippen LogP contribution in [0.1, 0.15) is 32.6 Å². The normalized spacial score (nSPS) is 29.2. The number of hydrogen-bond donors (Lipinski definition) is 1. The highest BCUT2D eigenvalue weighted by atomic mass is 16.4. The summed E-state index contributed by atoms with van der Waals surface area (Å²) in [6, 6.07) is 0. The van der Waals surface area contributed by atoms with Crippen LogP contribution < -0.4 is 0 Å². The molecule has 2 atom stereocenters. The van der Waals surface area contributed by atoms with E-state index in [1.165, 1.54) is 6.42 Å². The number of nitrogens with zero attached hydrogens (tertiary/aromatic N) is 2. The van der Waals surface area contributed by atoms with E-state index in [1.54, 1.807) is 0 Å². The van der Waals surface area contributed by atoms with E-state index in [-0.39, 0.29) is 17.7 Å². The summed E-state index contributed by atoms with van der Waals surface area (Å²) in [6.45, 7) is 5.64. The zero-order chi connectivity index (χ0) is 13.8. The largest absolute Gasteiger partial charge is 0.481 e. The van der Waals surface area contributed by atoms with Gasteiger partial charge in [0.25, 0.3) is 0 Å². The maximum absolute atomic E-state index is 12.2. The molecule has 2 aliphatic heterocycles. The molecule has 0 saturated carbocycles. The second-order valence-corrected chi connectivity index (χ2v) is 5.89. The standard InChI is InChI=1S/C14H24N2O3/c1-11-9-15(8-5-12(11)14(18)19)10-13(17)16-6-3-2-4-7-16/h11-12H,2-10H2,1H3,(H,18,19). The predicted octanol–water partition coefficient (Wildman–Crippen LogP) is 1.04. The molecule has 2 rings (SSSR count). The Hall–Kier alpha value is -1.10. The molecule has 1 amide bonds. The molecule has 0 aliphatic carbocycles. The lowest BCUT2D eigenvalue weighted by Gasteiger charge is -2.36. The van der Waals surface area contributed by atoms with Gasteiger partial charge >= 0.3 is 5.97 Å². The Labute approximate surface area is 114 Å². The number of likely N-dealkylation sites (tertiary alicyclic amines) is 2. The second kappa shape index (κ2) is 6.37. The first-order valence-corrected chi connectivity index (χ1v) is 7.31. The molecule has 2 aliphatic rings. The van der Waals surface area contributed by atoms with E-state index in [4.69, 9.17) is 5.11 Å². The van der Waals surface area contributed by atoms with Crippen molar-refractivity contribution in [3.63, 3.8) is 0 Å². The molecule has 108 valence electrons. The van der Waals surface area contributed by atoms with Crippen molar-refractivity contribution in [2.45, 2.75) is 32.6 Å². The van der Waals surface area contributed by atoms with Gasteiger partial charge in [-0.25, -0.2) is 0 Å². The fourth-order valence-electron chi connectivity index (χ4n) is 3.18. The van der Waals surface area contributed by atoms with Gasteiger partial charge in [-0.15, -0.1) is 0 Å². The third kappa shape index (κ3) is 3.69. The summed E-state index contributed by atoms with van der Waals surface area (Å²) in [7, 11) is 0. The summed E-state index contributed by atoms with van der Waals surface area (Å²) < 4.78 is 0. The third-order valence-corrected chi connectivity index (χ3v) is 4.37. The maximum Gasteiger partial charge on any atom is 0.306 e. The Bertz CT molecular complexity index is 340. The van der Waals surface area contributed by atoms with Gasteiger partial charge in [0.2, 0.25) is 5.91 Å². The molecule has 0 aromatic carbocycles. The van der Waals surface area contributed by atoms with Crippen molar-refractivity contribution in [1.29, 1.82) is 0 Å². The monoisotopic (exact) mass is 268 g/mol. The number of carbonyl (C=O) groups is 2. The average molecular weight is 268 g/mol.